The normalized spacial score (nSPS) is 12.2. The predicted octanol–water partition coefficient (Wildman–Crippen LogP) is 4.23. The third kappa shape index (κ3) is 4.94. The van der Waals surface area contributed by atoms with Crippen LogP contribution in [0.5, 0.6) is 0 Å². The summed E-state index contributed by atoms with van der Waals surface area (Å²) in [6.07, 6.45) is 3.59. The lowest BCUT2D eigenvalue weighted by Gasteiger charge is -2.23. The first-order valence-corrected chi connectivity index (χ1v) is 11.8. The van der Waals surface area contributed by atoms with E-state index in [1.807, 2.05) is 55.5 Å². The molecule has 152 valence electrons. The Hall–Kier alpha value is -2.45. The molecule has 0 fully saturated rings. The fourth-order valence-electron chi connectivity index (χ4n) is 2.99. The third-order valence-corrected chi connectivity index (χ3v) is 6.77. The molecule has 3 N–H and O–H groups in total. The molecule has 0 amide bonds. The summed E-state index contributed by atoms with van der Waals surface area (Å²) in [5, 5.41) is 10.9. The van der Waals surface area contributed by atoms with E-state index in [4.69, 9.17) is 5.84 Å². The molecular formula is C22H24N2O3S2. The van der Waals surface area contributed by atoms with E-state index in [-0.39, 0.29) is 6.61 Å². The smallest absolute Gasteiger partial charge is 0.175 e. The lowest BCUT2D eigenvalue weighted by Crippen LogP contribution is -2.29. The molecule has 0 saturated heterocycles. The Morgan fingerprint density at radius 1 is 1.14 bits per heavy atom. The standard InChI is InChI=1S/C22H24N2O3S2/c1-16-7-3-4-10-19(16)24(23)20(11-6-14-25)22-13-12-21(28-22)17-8-5-9-18(15-17)29(2,26)27/h3-5,7-13,15,25H,6,14,23H2,1-2H3/b20-11-. The van der Waals surface area contributed by atoms with Gasteiger partial charge >= 0.3 is 0 Å². The average Bonchev–Trinajstić information content (AvgIpc) is 3.18. The number of aryl methyl sites for hydroxylation is 1. The lowest BCUT2D eigenvalue weighted by molar-refractivity contribution is 0.302. The number of hydrazine groups is 1. The number of para-hydroxylation sites is 1. The first-order valence-electron chi connectivity index (χ1n) is 9.13. The first kappa shape index (κ1) is 21.3. The predicted molar refractivity (Wildman–Crippen MR) is 120 cm³/mol. The zero-order valence-corrected chi connectivity index (χ0v) is 18.0. The van der Waals surface area contributed by atoms with Crippen molar-refractivity contribution in [3.05, 3.63) is 77.2 Å². The highest BCUT2D eigenvalue weighted by molar-refractivity contribution is 7.90. The molecule has 0 aliphatic rings. The Bertz CT molecular complexity index is 1130. The zero-order valence-electron chi connectivity index (χ0n) is 16.4. The Balaban J connectivity index is 2.00. The number of rotatable bonds is 7. The van der Waals surface area contributed by atoms with Crippen LogP contribution >= 0.6 is 11.3 Å². The van der Waals surface area contributed by atoms with E-state index in [0.29, 0.717) is 11.3 Å². The maximum absolute atomic E-state index is 11.9. The minimum atomic E-state index is -3.27. The highest BCUT2D eigenvalue weighted by atomic mass is 32.2. The van der Waals surface area contributed by atoms with Gasteiger partial charge in [-0.15, -0.1) is 11.3 Å². The maximum Gasteiger partial charge on any atom is 0.175 e. The second-order valence-electron chi connectivity index (χ2n) is 6.72. The van der Waals surface area contributed by atoms with Crippen molar-refractivity contribution in [2.45, 2.75) is 18.2 Å². The van der Waals surface area contributed by atoms with Crippen molar-refractivity contribution in [3.63, 3.8) is 0 Å². The monoisotopic (exact) mass is 428 g/mol. The third-order valence-electron chi connectivity index (χ3n) is 4.51. The Morgan fingerprint density at radius 2 is 1.90 bits per heavy atom. The van der Waals surface area contributed by atoms with Crippen LogP contribution in [0.1, 0.15) is 16.9 Å². The number of hydrogen-bond donors (Lipinski definition) is 2. The molecule has 3 rings (SSSR count). The molecule has 0 aliphatic heterocycles. The van der Waals surface area contributed by atoms with Crippen molar-refractivity contribution in [1.82, 2.24) is 0 Å². The van der Waals surface area contributed by atoms with E-state index >= 15 is 0 Å². The van der Waals surface area contributed by atoms with Crippen LogP contribution in [0.4, 0.5) is 5.69 Å². The number of anilines is 1. The van der Waals surface area contributed by atoms with E-state index < -0.39 is 9.84 Å². The second-order valence-corrected chi connectivity index (χ2v) is 9.82. The Labute approximate surface area is 175 Å². The lowest BCUT2D eigenvalue weighted by atomic mass is 10.1. The van der Waals surface area contributed by atoms with Crippen molar-refractivity contribution in [1.29, 1.82) is 0 Å². The molecule has 3 aromatic rings. The van der Waals surface area contributed by atoms with Gasteiger partial charge in [-0.25, -0.2) is 14.3 Å². The van der Waals surface area contributed by atoms with E-state index in [9.17, 15) is 13.5 Å². The molecule has 7 heteroatoms. The minimum absolute atomic E-state index is 0.0275. The van der Waals surface area contributed by atoms with Gasteiger partial charge < -0.3 is 5.11 Å². The molecule has 1 aromatic heterocycles. The number of aliphatic hydroxyl groups excluding tert-OH is 1. The summed E-state index contributed by atoms with van der Waals surface area (Å²) in [6.45, 7) is 2.02. The van der Waals surface area contributed by atoms with Crippen LogP contribution in [0.3, 0.4) is 0 Å². The summed E-state index contributed by atoms with van der Waals surface area (Å²) in [4.78, 5) is 2.17. The number of nitrogens with two attached hydrogens (primary N) is 1. The van der Waals surface area contributed by atoms with Gasteiger partial charge in [0.2, 0.25) is 0 Å². The fraction of sp³-hybridized carbons (Fsp3) is 0.182. The Morgan fingerprint density at radius 3 is 2.59 bits per heavy atom. The molecule has 0 atom stereocenters. The van der Waals surface area contributed by atoms with Gasteiger partial charge in [-0.05, 0) is 54.8 Å². The number of aliphatic hydroxyl groups is 1. The van der Waals surface area contributed by atoms with Crippen LogP contribution in [0.25, 0.3) is 16.1 Å². The molecular weight excluding hydrogens is 404 g/mol. The summed E-state index contributed by atoms with van der Waals surface area (Å²) in [7, 11) is -3.27. The second kappa shape index (κ2) is 8.92. The summed E-state index contributed by atoms with van der Waals surface area (Å²) in [6, 6.07) is 18.7. The van der Waals surface area contributed by atoms with Gasteiger partial charge in [-0.1, -0.05) is 36.4 Å². The largest absolute Gasteiger partial charge is 0.396 e. The topological polar surface area (TPSA) is 83.6 Å². The Kier molecular flexibility index (Phi) is 6.54. The molecule has 0 aliphatic carbocycles. The first-order chi connectivity index (χ1) is 13.8. The molecule has 0 spiro atoms. The average molecular weight is 429 g/mol. The minimum Gasteiger partial charge on any atom is -0.396 e. The van der Waals surface area contributed by atoms with E-state index in [2.05, 4.69) is 0 Å². The molecule has 0 radical (unpaired) electrons. The maximum atomic E-state index is 11.9. The number of thiophene rings is 1. The van der Waals surface area contributed by atoms with Crippen LogP contribution in [0.15, 0.2) is 71.6 Å². The van der Waals surface area contributed by atoms with Crippen LogP contribution in [-0.4, -0.2) is 26.4 Å². The van der Waals surface area contributed by atoms with Gasteiger partial charge in [0.15, 0.2) is 9.84 Å². The van der Waals surface area contributed by atoms with Crippen LogP contribution in [-0.2, 0) is 9.84 Å². The SMILES string of the molecule is Cc1ccccc1N(N)/C(=C\CCO)c1ccc(-c2cccc(S(C)(=O)=O)c2)s1. The van der Waals surface area contributed by atoms with Gasteiger partial charge in [0.1, 0.15) is 0 Å². The molecule has 1 heterocycles. The fourth-order valence-corrected chi connectivity index (χ4v) is 4.70. The van der Waals surface area contributed by atoms with Crippen molar-refractivity contribution in [3.8, 4) is 10.4 Å². The van der Waals surface area contributed by atoms with Crippen LogP contribution < -0.4 is 10.9 Å². The van der Waals surface area contributed by atoms with E-state index in [0.717, 1.165) is 32.3 Å². The van der Waals surface area contributed by atoms with Gasteiger partial charge in [-0.2, -0.15) is 0 Å². The summed E-state index contributed by atoms with van der Waals surface area (Å²) in [5.74, 6) is 6.45. The van der Waals surface area contributed by atoms with Crippen molar-refractivity contribution >= 4 is 32.6 Å². The summed E-state index contributed by atoms with van der Waals surface area (Å²) < 4.78 is 23.7. The molecule has 0 unspecified atom stereocenters. The number of nitrogens with zero attached hydrogens (tertiary/aromatic N) is 1. The summed E-state index contributed by atoms with van der Waals surface area (Å²) in [5.41, 5.74) is 3.56. The number of benzene rings is 2. The molecule has 5 nitrogen and oxygen atoms in total. The molecule has 0 bridgehead atoms. The summed E-state index contributed by atoms with van der Waals surface area (Å²) >= 11 is 1.53. The molecule has 0 saturated carbocycles. The van der Waals surface area contributed by atoms with Crippen molar-refractivity contribution < 1.29 is 13.5 Å². The van der Waals surface area contributed by atoms with Gasteiger partial charge in [0.25, 0.3) is 0 Å². The van der Waals surface area contributed by atoms with E-state index in [1.54, 1.807) is 23.2 Å². The number of sulfone groups is 1. The van der Waals surface area contributed by atoms with Gasteiger partial charge in [0.05, 0.1) is 21.2 Å². The molecule has 2 aromatic carbocycles. The number of hydrogen-bond acceptors (Lipinski definition) is 6. The van der Waals surface area contributed by atoms with E-state index in [1.165, 1.54) is 17.6 Å². The quantitative estimate of drug-likeness (QED) is 0.435. The van der Waals surface area contributed by atoms with Crippen LogP contribution in [0, 0.1) is 6.92 Å². The zero-order chi connectivity index (χ0) is 21.0. The highest BCUT2D eigenvalue weighted by Gasteiger charge is 2.16. The van der Waals surface area contributed by atoms with Gasteiger partial charge in [0, 0.05) is 17.7 Å². The van der Waals surface area contributed by atoms with Crippen molar-refractivity contribution in [2.75, 3.05) is 17.9 Å². The molecule has 29 heavy (non-hydrogen) atoms. The van der Waals surface area contributed by atoms with Gasteiger partial charge in [-0.3, -0.25) is 5.01 Å². The van der Waals surface area contributed by atoms with Crippen molar-refractivity contribution in [2.24, 2.45) is 5.84 Å². The van der Waals surface area contributed by atoms with Crippen LogP contribution in [0.2, 0.25) is 0 Å². The highest BCUT2D eigenvalue weighted by Crippen LogP contribution is 2.35.